The van der Waals surface area contributed by atoms with Gasteiger partial charge < -0.3 is 29.4 Å². The van der Waals surface area contributed by atoms with Crippen molar-refractivity contribution in [3.05, 3.63) is 88.4 Å². The SMILES string of the molecule is CCOC(=O)C1=C(C)NC(=O)N[C@@H]1c1ccc(OCC(=O)N/N=C\c2cc(C)n(-c3ccccc3)c2C)c(OC)c1. The van der Waals surface area contributed by atoms with Crippen molar-refractivity contribution in [2.45, 2.75) is 33.7 Å². The number of hydrogen-bond acceptors (Lipinski definition) is 7. The number of methoxy groups -OCH3 is 1. The second-order valence-corrected chi connectivity index (χ2v) is 9.28. The molecule has 0 fully saturated rings. The normalized spacial score (nSPS) is 14.9. The van der Waals surface area contributed by atoms with Crippen molar-refractivity contribution in [2.24, 2.45) is 5.10 Å². The third-order valence-electron chi connectivity index (χ3n) is 6.52. The topological polar surface area (TPSA) is 132 Å². The molecule has 11 heteroatoms. The first kappa shape index (κ1) is 28.9. The number of carbonyl (C=O) groups excluding carboxylic acids is 3. The summed E-state index contributed by atoms with van der Waals surface area (Å²) in [5, 5.41) is 9.43. The molecule has 0 bridgehead atoms. The van der Waals surface area contributed by atoms with Crippen LogP contribution >= 0.6 is 0 Å². The van der Waals surface area contributed by atoms with Crippen LogP contribution in [0.1, 0.15) is 42.4 Å². The van der Waals surface area contributed by atoms with Gasteiger partial charge in [-0.15, -0.1) is 0 Å². The fourth-order valence-electron chi connectivity index (χ4n) is 4.65. The summed E-state index contributed by atoms with van der Waals surface area (Å²) in [5.74, 6) is -0.375. The minimum absolute atomic E-state index is 0.193. The summed E-state index contributed by atoms with van der Waals surface area (Å²) < 4.78 is 18.4. The van der Waals surface area contributed by atoms with Crippen molar-refractivity contribution in [3.8, 4) is 17.2 Å². The second-order valence-electron chi connectivity index (χ2n) is 9.28. The van der Waals surface area contributed by atoms with E-state index in [0.717, 1.165) is 22.6 Å². The van der Waals surface area contributed by atoms with Gasteiger partial charge >= 0.3 is 12.0 Å². The number of esters is 1. The molecular weight excluding hydrogens is 526 g/mol. The average Bonchev–Trinajstić information content (AvgIpc) is 3.24. The van der Waals surface area contributed by atoms with Crippen molar-refractivity contribution in [1.82, 2.24) is 20.6 Å². The highest BCUT2D eigenvalue weighted by Crippen LogP contribution is 2.34. The molecule has 3 amide bonds. The minimum atomic E-state index is -0.757. The van der Waals surface area contributed by atoms with Gasteiger partial charge in [-0.05, 0) is 63.6 Å². The van der Waals surface area contributed by atoms with E-state index in [-0.39, 0.29) is 18.8 Å². The van der Waals surface area contributed by atoms with Crippen molar-refractivity contribution in [3.63, 3.8) is 0 Å². The Kier molecular flexibility index (Phi) is 9.08. The Bertz CT molecular complexity index is 1510. The lowest BCUT2D eigenvalue weighted by Gasteiger charge is -2.28. The molecule has 1 aromatic heterocycles. The molecule has 41 heavy (non-hydrogen) atoms. The number of rotatable bonds is 10. The Morgan fingerprint density at radius 1 is 1.07 bits per heavy atom. The van der Waals surface area contributed by atoms with Crippen LogP contribution in [-0.2, 0) is 14.3 Å². The Hall–Kier alpha value is -5.06. The molecule has 0 aliphatic carbocycles. The summed E-state index contributed by atoms with van der Waals surface area (Å²) in [5.41, 5.74) is 7.70. The standard InChI is InChI=1S/C30H33N5O6/c1-6-40-29(37)27-19(3)32-30(38)33-28(27)21-12-13-24(25(15-21)39-5)41-17-26(36)34-31-16-22-14-18(2)35(20(22)4)23-10-8-7-9-11-23/h7-16,28H,6,17H2,1-5H3,(H,34,36)(H2,32,33,38)/b31-16-/t28-/m1/s1. The largest absolute Gasteiger partial charge is 0.493 e. The Morgan fingerprint density at radius 2 is 1.83 bits per heavy atom. The lowest BCUT2D eigenvalue weighted by molar-refractivity contribution is -0.139. The molecule has 0 saturated carbocycles. The summed E-state index contributed by atoms with van der Waals surface area (Å²) in [7, 11) is 1.45. The summed E-state index contributed by atoms with van der Waals surface area (Å²) >= 11 is 0. The van der Waals surface area contributed by atoms with E-state index in [4.69, 9.17) is 14.2 Å². The lowest BCUT2D eigenvalue weighted by atomic mass is 9.95. The maximum Gasteiger partial charge on any atom is 0.338 e. The van der Waals surface area contributed by atoms with Gasteiger partial charge in [-0.1, -0.05) is 24.3 Å². The van der Waals surface area contributed by atoms with Crippen LogP contribution in [0.3, 0.4) is 0 Å². The molecule has 0 spiro atoms. The summed E-state index contributed by atoms with van der Waals surface area (Å²) in [4.78, 5) is 37.2. The van der Waals surface area contributed by atoms with Gasteiger partial charge in [0.2, 0.25) is 0 Å². The van der Waals surface area contributed by atoms with Crippen LogP contribution in [0.2, 0.25) is 0 Å². The predicted molar refractivity (Wildman–Crippen MR) is 153 cm³/mol. The first-order chi connectivity index (χ1) is 19.7. The number of nitrogens with zero attached hydrogens (tertiary/aromatic N) is 2. The monoisotopic (exact) mass is 559 g/mol. The van der Waals surface area contributed by atoms with Gasteiger partial charge in [-0.25, -0.2) is 15.0 Å². The lowest BCUT2D eigenvalue weighted by Crippen LogP contribution is -2.45. The Morgan fingerprint density at radius 3 is 2.54 bits per heavy atom. The summed E-state index contributed by atoms with van der Waals surface area (Å²) in [6.07, 6.45) is 1.60. The third kappa shape index (κ3) is 6.57. The van der Waals surface area contributed by atoms with Crippen LogP contribution in [0.4, 0.5) is 4.79 Å². The number of allylic oxidation sites excluding steroid dienone is 1. The first-order valence-corrected chi connectivity index (χ1v) is 13.1. The highest BCUT2D eigenvalue weighted by atomic mass is 16.5. The fourth-order valence-corrected chi connectivity index (χ4v) is 4.65. The number of hydrazone groups is 1. The number of carbonyl (C=O) groups is 3. The van der Waals surface area contributed by atoms with Gasteiger partial charge in [-0.3, -0.25) is 4.79 Å². The molecule has 0 unspecified atom stereocenters. The third-order valence-corrected chi connectivity index (χ3v) is 6.52. The Balaban J connectivity index is 1.41. The maximum atomic E-state index is 12.6. The zero-order valence-corrected chi connectivity index (χ0v) is 23.6. The van der Waals surface area contributed by atoms with Crippen LogP contribution in [0, 0.1) is 13.8 Å². The van der Waals surface area contributed by atoms with Crippen molar-refractivity contribution in [1.29, 1.82) is 0 Å². The van der Waals surface area contributed by atoms with Crippen molar-refractivity contribution < 1.29 is 28.6 Å². The van der Waals surface area contributed by atoms with E-state index >= 15 is 0 Å². The van der Waals surface area contributed by atoms with E-state index in [2.05, 4.69) is 25.7 Å². The van der Waals surface area contributed by atoms with E-state index in [1.807, 2.05) is 50.2 Å². The van der Waals surface area contributed by atoms with Gasteiger partial charge in [0.15, 0.2) is 18.1 Å². The molecule has 1 aliphatic heterocycles. The van der Waals surface area contributed by atoms with E-state index < -0.39 is 23.9 Å². The van der Waals surface area contributed by atoms with Gasteiger partial charge in [0.1, 0.15) is 0 Å². The van der Waals surface area contributed by atoms with Gasteiger partial charge in [0.25, 0.3) is 5.91 Å². The molecule has 1 aliphatic rings. The number of amides is 3. The van der Waals surface area contributed by atoms with E-state index in [1.54, 1.807) is 38.3 Å². The number of urea groups is 1. The minimum Gasteiger partial charge on any atom is -0.493 e. The number of aromatic nitrogens is 1. The second kappa shape index (κ2) is 12.9. The maximum absolute atomic E-state index is 12.6. The van der Waals surface area contributed by atoms with E-state index in [0.29, 0.717) is 22.8 Å². The molecule has 3 N–H and O–H groups in total. The van der Waals surface area contributed by atoms with E-state index in [9.17, 15) is 14.4 Å². The quantitative estimate of drug-likeness (QED) is 0.197. The molecule has 4 rings (SSSR count). The summed E-state index contributed by atoms with van der Waals surface area (Å²) in [6.45, 7) is 7.22. The molecule has 0 radical (unpaired) electrons. The number of hydrogen-bond donors (Lipinski definition) is 3. The Labute approximate surface area is 238 Å². The molecular formula is C30H33N5O6. The smallest absolute Gasteiger partial charge is 0.338 e. The zero-order chi connectivity index (χ0) is 29.5. The fraction of sp³-hybridized carbons (Fsp3) is 0.267. The number of aryl methyl sites for hydroxylation is 1. The highest BCUT2D eigenvalue weighted by Gasteiger charge is 2.32. The van der Waals surface area contributed by atoms with Crippen LogP contribution in [0.5, 0.6) is 11.5 Å². The van der Waals surface area contributed by atoms with Crippen molar-refractivity contribution >= 4 is 24.1 Å². The van der Waals surface area contributed by atoms with E-state index in [1.165, 1.54) is 7.11 Å². The molecule has 0 saturated heterocycles. The van der Waals surface area contributed by atoms with Gasteiger partial charge in [-0.2, -0.15) is 5.10 Å². The van der Waals surface area contributed by atoms with Crippen LogP contribution in [0.15, 0.2) is 71.0 Å². The first-order valence-electron chi connectivity index (χ1n) is 13.1. The van der Waals surface area contributed by atoms with Gasteiger partial charge in [0.05, 0.1) is 31.5 Å². The van der Waals surface area contributed by atoms with Crippen LogP contribution < -0.4 is 25.5 Å². The number of ether oxygens (including phenoxy) is 3. The average molecular weight is 560 g/mol. The zero-order valence-electron chi connectivity index (χ0n) is 23.6. The number of para-hydroxylation sites is 1. The highest BCUT2D eigenvalue weighted by molar-refractivity contribution is 5.95. The molecule has 1 atom stereocenters. The molecule has 2 heterocycles. The van der Waals surface area contributed by atoms with Gasteiger partial charge in [0, 0.05) is 28.3 Å². The van der Waals surface area contributed by atoms with Crippen molar-refractivity contribution in [2.75, 3.05) is 20.3 Å². The van der Waals surface area contributed by atoms with Crippen LogP contribution in [-0.4, -0.2) is 49.0 Å². The summed E-state index contributed by atoms with van der Waals surface area (Å²) in [6, 6.07) is 15.7. The predicted octanol–water partition coefficient (Wildman–Crippen LogP) is 3.82. The molecule has 3 aromatic rings. The molecule has 11 nitrogen and oxygen atoms in total. The number of benzene rings is 2. The van der Waals surface area contributed by atoms with Crippen LogP contribution in [0.25, 0.3) is 5.69 Å². The molecule has 214 valence electrons. The number of nitrogens with one attached hydrogen (secondary N) is 3. The molecule has 2 aromatic carbocycles.